The number of ether oxygens (including phenoxy) is 1. The van der Waals surface area contributed by atoms with Gasteiger partial charge in [-0.15, -0.1) is 12.6 Å². The van der Waals surface area contributed by atoms with E-state index in [1.165, 1.54) is 0 Å². The van der Waals surface area contributed by atoms with E-state index < -0.39 is 11.5 Å². The van der Waals surface area contributed by atoms with Crippen molar-refractivity contribution >= 4 is 47.3 Å². The molecule has 0 unspecified atom stereocenters. The summed E-state index contributed by atoms with van der Waals surface area (Å²) in [6.07, 6.45) is 0. The second kappa shape index (κ2) is 12.8. The summed E-state index contributed by atoms with van der Waals surface area (Å²) in [5.41, 5.74) is 4.73. The average Bonchev–Trinajstić information content (AvgIpc) is 3.33. The summed E-state index contributed by atoms with van der Waals surface area (Å²) in [7, 11) is 1.97. The molecule has 1 aliphatic heterocycles. The molecule has 0 spiro atoms. The van der Waals surface area contributed by atoms with Gasteiger partial charge in [-0.1, -0.05) is 128 Å². The highest BCUT2D eigenvalue weighted by Gasteiger charge is 2.38. The van der Waals surface area contributed by atoms with Crippen LogP contribution in [0, 0.1) is 5.92 Å². The number of halogens is 1. The fourth-order valence-corrected chi connectivity index (χ4v) is 6.52. The highest BCUT2D eigenvalue weighted by molar-refractivity contribution is 7.81. The van der Waals surface area contributed by atoms with Crippen LogP contribution < -0.4 is 19.9 Å². The zero-order valence-corrected chi connectivity index (χ0v) is 26.2. The van der Waals surface area contributed by atoms with Crippen LogP contribution in [0.2, 0.25) is 5.02 Å². The van der Waals surface area contributed by atoms with Crippen molar-refractivity contribution in [2.75, 3.05) is 23.4 Å². The Hall–Kier alpha value is -4.23. The van der Waals surface area contributed by atoms with Crippen LogP contribution in [-0.4, -0.2) is 25.1 Å². The van der Waals surface area contributed by atoms with Crippen LogP contribution in [0.5, 0.6) is 5.75 Å². The predicted octanol–water partition coefficient (Wildman–Crippen LogP) is 8.26. The number of carbonyl (C=O) groups excluding carboxylic acids is 1. The van der Waals surface area contributed by atoms with E-state index in [1.807, 2.05) is 121 Å². The maximum atomic E-state index is 13.7. The molecule has 0 bridgehead atoms. The Morgan fingerprint density at radius 1 is 0.795 bits per heavy atom. The maximum Gasteiger partial charge on any atom is 0.315 e. The SMILES string of the molecule is C[C@@H](CNC(c1ccccc1)(c1ccccc1)c1ccccc1)C(=O)Oc1ccccc1N1c2c(Cl)cccc2N(C)[C@@H]1S. The number of esters is 1. The Morgan fingerprint density at radius 3 is 1.86 bits per heavy atom. The van der Waals surface area contributed by atoms with Gasteiger partial charge in [0, 0.05) is 13.6 Å². The topological polar surface area (TPSA) is 44.8 Å². The van der Waals surface area contributed by atoms with Gasteiger partial charge in [0.25, 0.3) is 0 Å². The number of rotatable bonds is 9. The van der Waals surface area contributed by atoms with Crippen molar-refractivity contribution in [1.29, 1.82) is 0 Å². The molecule has 6 rings (SSSR count). The monoisotopic (exact) mass is 619 g/mol. The Kier molecular flexibility index (Phi) is 8.67. The number of hydrogen-bond acceptors (Lipinski definition) is 6. The van der Waals surface area contributed by atoms with Gasteiger partial charge < -0.3 is 14.5 Å². The van der Waals surface area contributed by atoms with Crippen LogP contribution >= 0.6 is 24.2 Å². The summed E-state index contributed by atoms with van der Waals surface area (Å²) in [6.45, 7) is 2.26. The first-order chi connectivity index (χ1) is 21.4. The van der Waals surface area contributed by atoms with Crippen molar-refractivity contribution in [3.05, 3.63) is 155 Å². The molecule has 5 nitrogen and oxygen atoms in total. The van der Waals surface area contributed by atoms with E-state index in [0.29, 0.717) is 23.0 Å². The minimum Gasteiger partial charge on any atom is -0.424 e. The van der Waals surface area contributed by atoms with E-state index in [9.17, 15) is 4.79 Å². The number of fused-ring (bicyclic) bond motifs is 1. The number of anilines is 3. The van der Waals surface area contributed by atoms with E-state index in [4.69, 9.17) is 29.0 Å². The van der Waals surface area contributed by atoms with Gasteiger partial charge in [0.05, 0.1) is 33.5 Å². The lowest BCUT2D eigenvalue weighted by Gasteiger charge is -2.38. The van der Waals surface area contributed by atoms with E-state index in [0.717, 1.165) is 28.1 Å². The predicted molar refractivity (Wildman–Crippen MR) is 183 cm³/mol. The summed E-state index contributed by atoms with van der Waals surface area (Å²) >= 11 is 11.5. The lowest BCUT2D eigenvalue weighted by Crippen LogP contribution is -2.47. The first kappa shape index (κ1) is 29.8. The van der Waals surface area contributed by atoms with Gasteiger partial charge >= 0.3 is 5.97 Å². The third kappa shape index (κ3) is 5.45. The second-order valence-corrected chi connectivity index (χ2v) is 11.8. The molecule has 1 N–H and O–H groups in total. The zero-order chi connectivity index (χ0) is 30.7. The van der Waals surface area contributed by atoms with Crippen LogP contribution in [0.25, 0.3) is 0 Å². The van der Waals surface area contributed by atoms with Crippen molar-refractivity contribution in [3.63, 3.8) is 0 Å². The van der Waals surface area contributed by atoms with E-state index in [2.05, 4.69) is 41.7 Å². The summed E-state index contributed by atoms with van der Waals surface area (Å²) in [5.74, 6) is -0.358. The highest BCUT2D eigenvalue weighted by Crippen LogP contribution is 2.50. The Balaban J connectivity index is 1.30. The van der Waals surface area contributed by atoms with Crippen LogP contribution in [0.1, 0.15) is 23.6 Å². The van der Waals surface area contributed by atoms with Gasteiger partial charge in [0.2, 0.25) is 0 Å². The fraction of sp³-hybridized carbons (Fsp3) is 0.162. The van der Waals surface area contributed by atoms with E-state index in [1.54, 1.807) is 0 Å². The summed E-state index contributed by atoms with van der Waals surface area (Å²) in [6, 6.07) is 44.3. The van der Waals surface area contributed by atoms with Crippen molar-refractivity contribution < 1.29 is 9.53 Å². The Labute approximate surface area is 269 Å². The first-order valence-corrected chi connectivity index (χ1v) is 15.5. The lowest BCUT2D eigenvalue weighted by molar-refractivity contribution is -0.138. The molecule has 5 aromatic carbocycles. The summed E-state index contributed by atoms with van der Waals surface area (Å²) < 4.78 is 6.12. The molecule has 0 saturated heterocycles. The minimum absolute atomic E-state index is 0.327. The van der Waals surface area contributed by atoms with Crippen molar-refractivity contribution in [1.82, 2.24) is 5.32 Å². The number of benzene rings is 5. The van der Waals surface area contributed by atoms with Gasteiger partial charge in [-0.25, -0.2) is 0 Å². The molecule has 7 heteroatoms. The van der Waals surface area contributed by atoms with Crippen LogP contribution in [-0.2, 0) is 10.3 Å². The zero-order valence-electron chi connectivity index (χ0n) is 24.6. The minimum atomic E-state index is -0.684. The highest BCUT2D eigenvalue weighted by atomic mass is 35.5. The van der Waals surface area contributed by atoms with Gasteiger partial charge in [-0.2, -0.15) is 0 Å². The molecule has 0 radical (unpaired) electrons. The van der Waals surface area contributed by atoms with Gasteiger partial charge in [-0.3, -0.25) is 10.1 Å². The van der Waals surface area contributed by atoms with Gasteiger partial charge in [-0.05, 0) is 41.0 Å². The van der Waals surface area contributed by atoms with Crippen LogP contribution in [0.3, 0.4) is 0 Å². The number of carbonyl (C=O) groups is 1. The molecule has 44 heavy (non-hydrogen) atoms. The third-order valence-corrected chi connectivity index (χ3v) is 9.08. The number of hydrogen-bond donors (Lipinski definition) is 2. The number of thiol groups is 1. The molecule has 0 fully saturated rings. The largest absolute Gasteiger partial charge is 0.424 e. The van der Waals surface area contributed by atoms with E-state index in [-0.39, 0.29) is 11.5 Å². The fourth-order valence-electron chi connectivity index (χ4n) is 5.90. The number of nitrogens with zero attached hydrogens (tertiary/aromatic N) is 2. The molecule has 2 atom stereocenters. The van der Waals surface area contributed by atoms with Crippen molar-refractivity contribution in [2.24, 2.45) is 5.92 Å². The molecule has 0 aromatic heterocycles. The van der Waals surface area contributed by atoms with Crippen LogP contribution in [0.4, 0.5) is 17.1 Å². The van der Waals surface area contributed by atoms with Gasteiger partial charge in [0.1, 0.15) is 0 Å². The number of nitrogens with one attached hydrogen (secondary N) is 1. The standard InChI is InChI=1S/C37H34ClN3O2S/c1-26(25-39-37(27-15-6-3-7-16-27,28-17-8-4-9-18-28)29-19-10-5-11-20-29)35(42)43-33-24-13-12-22-31(33)41-34-30(38)21-14-23-32(34)40(2)36(41)44/h3-24,26,36,39,44H,25H2,1-2H3/t26-,36-/m0/s1. The normalized spacial score (nSPS) is 15.1. The first-order valence-electron chi connectivity index (χ1n) is 14.6. The lowest BCUT2D eigenvalue weighted by atomic mass is 9.76. The van der Waals surface area contributed by atoms with Crippen molar-refractivity contribution in [2.45, 2.75) is 18.0 Å². The summed E-state index contributed by atoms with van der Waals surface area (Å²) in [4.78, 5) is 17.8. The smallest absolute Gasteiger partial charge is 0.315 e. The molecule has 0 aliphatic carbocycles. The molecule has 1 aliphatic rings. The second-order valence-electron chi connectivity index (χ2n) is 11.0. The quantitative estimate of drug-likeness (QED) is 0.0753. The van der Waals surface area contributed by atoms with Gasteiger partial charge in [0.15, 0.2) is 11.2 Å². The molecule has 222 valence electrons. The molecule has 0 amide bonds. The number of para-hydroxylation sites is 3. The third-order valence-electron chi connectivity index (χ3n) is 8.20. The van der Waals surface area contributed by atoms with Crippen LogP contribution in [0.15, 0.2) is 133 Å². The molecule has 5 aromatic rings. The summed E-state index contributed by atoms with van der Waals surface area (Å²) in [5, 5.41) is 4.40. The maximum absolute atomic E-state index is 13.7. The molecular weight excluding hydrogens is 586 g/mol. The Morgan fingerprint density at radius 2 is 1.30 bits per heavy atom. The Bertz CT molecular complexity index is 1640. The average molecular weight is 620 g/mol. The molecule has 1 heterocycles. The molecule has 0 saturated carbocycles. The molecular formula is C37H34ClN3O2S. The van der Waals surface area contributed by atoms with E-state index >= 15 is 0 Å². The van der Waals surface area contributed by atoms with Crippen molar-refractivity contribution in [3.8, 4) is 5.75 Å².